The molecule has 158 valence electrons. The standard InChI is InChI=1S/C24H27FN2O3/c1-3-29-22-16-19-14-17(2)30-23(19)15-18(22)4-9-24(28)27-12-10-26(11-13-27)21-7-5-20(25)6-8-21/h4-9,15-17H,3,10-14H2,1-2H3/b9-4+/t17-/m1/s1. The molecule has 0 unspecified atom stereocenters. The van der Waals surface area contributed by atoms with Crippen LogP contribution in [0.3, 0.4) is 0 Å². The number of rotatable bonds is 5. The van der Waals surface area contributed by atoms with Gasteiger partial charge in [0, 0.05) is 55.5 Å². The number of hydrogen-bond donors (Lipinski definition) is 0. The van der Waals surface area contributed by atoms with E-state index < -0.39 is 0 Å². The molecule has 1 fully saturated rings. The third-order valence-electron chi connectivity index (χ3n) is 5.52. The molecule has 1 saturated heterocycles. The van der Waals surface area contributed by atoms with Crippen molar-refractivity contribution in [3.05, 3.63) is 59.4 Å². The van der Waals surface area contributed by atoms with Crippen molar-refractivity contribution in [1.82, 2.24) is 4.90 Å². The van der Waals surface area contributed by atoms with Crippen molar-refractivity contribution in [2.24, 2.45) is 0 Å². The van der Waals surface area contributed by atoms with Crippen LogP contribution in [0.15, 0.2) is 42.5 Å². The molecule has 1 atom stereocenters. The molecule has 0 spiro atoms. The van der Waals surface area contributed by atoms with Crippen LogP contribution >= 0.6 is 0 Å². The van der Waals surface area contributed by atoms with E-state index in [0.717, 1.165) is 47.8 Å². The summed E-state index contributed by atoms with van der Waals surface area (Å²) < 4.78 is 24.8. The molecule has 0 N–H and O–H groups in total. The quantitative estimate of drug-likeness (QED) is 0.701. The monoisotopic (exact) mass is 410 g/mol. The first-order chi connectivity index (χ1) is 14.5. The third-order valence-corrected chi connectivity index (χ3v) is 5.52. The van der Waals surface area contributed by atoms with E-state index in [4.69, 9.17) is 9.47 Å². The number of carbonyl (C=O) groups excluding carboxylic acids is 1. The van der Waals surface area contributed by atoms with Crippen LogP contribution in [0.4, 0.5) is 10.1 Å². The van der Waals surface area contributed by atoms with Crippen molar-refractivity contribution in [2.75, 3.05) is 37.7 Å². The number of ether oxygens (including phenoxy) is 2. The van der Waals surface area contributed by atoms with Crippen LogP contribution in [0.2, 0.25) is 0 Å². The van der Waals surface area contributed by atoms with Gasteiger partial charge in [-0.1, -0.05) is 0 Å². The van der Waals surface area contributed by atoms with Crippen LogP contribution < -0.4 is 14.4 Å². The molecule has 0 saturated carbocycles. The third kappa shape index (κ3) is 4.42. The molecule has 30 heavy (non-hydrogen) atoms. The molecule has 4 rings (SSSR count). The number of carbonyl (C=O) groups is 1. The summed E-state index contributed by atoms with van der Waals surface area (Å²) in [5.74, 6) is 1.38. The van der Waals surface area contributed by atoms with Crippen molar-refractivity contribution in [2.45, 2.75) is 26.4 Å². The Bertz CT molecular complexity index is 934. The van der Waals surface area contributed by atoms with Crippen LogP contribution in [-0.4, -0.2) is 49.7 Å². The van der Waals surface area contributed by atoms with Gasteiger partial charge in [-0.05, 0) is 56.3 Å². The Hall–Kier alpha value is -3.02. The van der Waals surface area contributed by atoms with Crippen LogP contribution in [0.5, 0.6) is 11.5 Å². The lowest BCUT2D eigenvalue weighted by molar-refractivity contribution is -0.126. The Kier molecular flexibility index (Phi) is 5.93. The summed E-state index contributed by atoms with van der Waals surface area (Å²) in [6.45, 7) is 7.26. The molecule has 1 amide bonds. The van der Waals surface area contributed by atoms with Gasteiger partial charge in [-0.2, -0.15) is 0 Å². The summed E-state index contributed by atoms with van der Waals surface area (Å²) in [5, 5.41) is 0. The smallest absolute Gasteiger partial charge is 0.246 e. The molecule has 2 heterocycles. The zero-order valence-corrected chi connectivity index (χ0v) is 17.4. The molecular formula is C24H27FN2O3. The molecule has 0 aromatic heterocycles. The molecule has 0 radical (unpaired) electrons. The summed E-state index contributed by atoms with van der Waals surface area (Å²) >= 11 is 0. The minimum atomic E-state index is -0.240. The maximum Gasteiger partial charge on any atom is 0.246 e. The maximum atomic E-state index is 13.1. The molecule has 6 heteroatoms. The lowest BCUT2D eigenvalue weighted by Gasteiger charge is -2.35. The summed E-state index contributed by atoms with van der Waals surface area (Å²) in [6, 6.07) is 10.5. The molecule has 0 aliphatic carbocycles. The van der Waals surface area contributed by atoms with Gasteiger partial charge in [0.05, 0.1) is 6.61 Å². The van der Waals surface area contributed by atoms with E-state index in [1.165, 1.54) is 12.1 Å². The van der Waals surface area contributed by atoms with Crippen molar-refractivity contribution in [3.8, 4) is 11.5 Å². The lowest BCUT2D eigenvalue weighted by atomic mass is 10.1. The Morgan fingerprint density at radius 3 is 2.63 bits per heavy atom. The van der Waals surface area contributed by atoms with E-state index in [0.29, 0.717) is 19.7 Å². The predicted molar refractivity (Wildman–Crippen MR) is 116 cm³/mol. The van der Waals surface area contributed by atoms with Crippen molar-refractivity contribution in [3.63, 3.8) is 0 Å². The van der Waals surface area contributed by atoms with Crippen molar-refractivity contribution >= 4 is 17.7 Å². The average molecular weight is 410 g/mol. The number of nitrogens with zero attached hydrogens (tertiary/aromatic N) is 2. The second-order valence-electron chi connectivity index (χ2n) is 7.69. The highest BCUT2D eigenvalue weighted by Crippen LogP contribution is 2.35. The summed E-state index contributed by atoms with van der Waals surface area (Å²) in [6.07, 6.45) is 4.45. The zero-order chi connectivity index (χ0) is 21.1. The number of amides is 1. The van der Waals surface area contributed by atoms with E-state index in [9.17, 15) is 9.18 Å². The Labute approximate surface area is 176 Å². The minimum absolute atomic E-state index is 0.0222. The van der Waals surface area contributed by atoms with Gasteiger partial charge in [0.15, 0.2) is 0 Å². The van der Waals surface area contributed by atoms with Gasteiger partial charge in [-0.3, -0.25) is 4.79 Å². The topological polar surface area (TPSA) is 42.0 Å². The number of halogens is 1. The fourth-order valence-electron chi connectivity index (χ4n) is 3.97. The molecule has 0 bridgehead atoms. The SMILES string of the molecule is CCOc1cc2c(cc1/C=C/C(=O)N1CCN(c3ccc(F)cc3)CC1)O[C@H](C)C2. The average Bonchev–Trinajstić information content (AvgIpc) is 3.11. The minimum Gasteiger partial charge on any atom is -0.493 e. The second-order valence-corrected chi connectivity index (χ2v) is 7.69. The van der Waals surface area contributed by atoms with E-state index in [-0.39, 0.29) is 17.8 Å². The van der Waals surface area contributed by atoms with Gasteiger partial charge in [0.2, 0.25) is 5.91 Å². The maximum absolute atomic E-state index is 13.1. The molecule has 5 nitrogen and oxygen atoms in total. The normalized spacial score (nSPS) is 18.4. The highest BCUT2D eigenvalue weighted by atomic mass is 19.1. The molecule has 2 aromatic carbocycles. The van der Waals surface area contributed by atoms with Crippen LogP contribution in [0.25, 0.3) is 6.08 Å². The highest BCUT2D eigenvalue weighted by molar-refractivity contribution is 5.92. The van der Waals surface area contributed by atoms with E-state index in [2.05, 4.69) is 4.90 Å². The van der Waals surface area contributed by atoms with Crippen molar-refractivity contribution in [1.29, 1.82) is 0 Å². The zero-order valence-electron chi connectivity index (χ0n) is 17.4. The number of piperazine rings is 1. The lowest BCUT2D eigenvalue weighted by Crippen LogP contribution is -2.48. The Morgan fingerprint density at radius 1 is 1.20 bits per heavy atom. The van der Waals surface area contributed by atoms with Crippen molar-refractivity contribution < 1.29 is 18.7 Å². The van der Waals surface area contributed by atoms with Gasteiger partial charge in [-0.25, -0.2) is 4.39 Å². The van der Waals surface area contributed by atoms with Gasteiger partial charge >= 0.3 is 0 Å². The molecule has 2 aliphatic rings. The first-order valence-corrected chi connectivity index (χ1v) is 10.5. The Balaban J connectivity index is 1.41. The first-order valence-electron chi connectivity index (χ1n) is 10.5. The van der Waals surface area contributed by atoms with Gasteiger partial charge in [0.1, 0.15) is 23.4 Å². The molecular weight excluding hydrogens is 383 g/mol. The Morgan fingerprint density at radius 2 is 1.93 bits per heavy atom. The summed E-state index contributed by atoms with van der Waals surface area (Å²) in [5.41, 5.74) is 2.97. The molecule has 2 aliphatic heterocycles. The van der Waals surface area contributed by atoms with Crippen LogP contribution in [0, 0.1) is 5.82 Å². The van der Waals surface area contributed by atoms with Gasteiger partial charge < -0.3 is 19.3 Å². The number of fused-ring (bicyclic) bond motifs is 1. The molecule has 2 aromatic rings. The van der Waals surface area contributed by atoms with Gasteiger partial charge in [-0.15, -0.1) is 0 Å². The van der Waals surface area contributed by atoms with E-state index >= 15 is 0 Å². The van der Waals surface area contributed by atoms with Crippen LogP contribution in [0.1, 0.15) is 25.0 Å². The number of benzene rings is 2. The number of hydrogen-bond acceptors (Lipinski definition) is 4. The van der Waals surface area contributed by atoms with Crippen LogP contribution in [-0.2, 0) is 11.2 Å². The second kappa shape index (κ2) is 8.78. The number of anilines is 1. The van der Waals surface area contributed by atoms with E-state index in [1.54, 1.807) is 18.2 Å². The fraction of sp³-hybridized carbons (Fsp3) is 0.375. The summed E-state index contributed by atoms with van der Waals surface area (Å²) in [4.78, 5) is 16.7. The highest BCUT2D eigenvalue weighted by Gasteiger charge is 2.22. The van der Waals surface area contributed by atoms with Gasteiger partial charge in [0.25, 0.3) is 0 Å². The summed E-state index contributed by atoms with van der Waals surface area (Å²) in [7, 11) is 0. The van der Waals surface area contributed by atoms with E-state index in [1.807, 2.05) is 37.0 Å². The first kappa shape index (κ1) is 20.3. The predicted octanol–water partition coefficient (Wildman–Crippen LogP) is 3.91. The fourth-order valence-corrected chi connectivity index (χ4v) is 3.97. The largest absolute Gasteiger partial charge is 0.493 e.